The highest BCUT2D eigenvalue weighted by Gasteiger charge is 2.35. The van der Waals surface area contributed by atoms with E-state index in [4.69, 9.17) is 9.63 Å². The Balaban J connectivity index is 2.00. The highest BCUT2D eigenvalue weighted by atomic mass is 32.2. The molecule has 0 saturated heterocycles. The topological polar surface area (TPSA) is 110 Å². The summed E-state index contributed by atoms with van der Waals surface area (Å²) < 4.78 is 31.2. The predicted octanol–water partition coefficient (Wildman–Crippen LogP) is 0.656. The molecular weight excluding hydrogens is 272 g/mol. The third-order valence-electron chi connectivity index (χ3n) is 2.93. The van der Waals surface area contributed by atoms with Gasteiger partial charge in [0.2, 0.25) is 10.0 Å². The average Bonchev–Trinajstić information content (AvgIpc) is 3.02. The average molecular weight is 288 g/mol. The lowest BCUT2D eigenvalue weighted by molar-refractivity contribution is -0.137. The number of carbonyl (C=O) groups is 1. The van der Waals surface area contributed by atoms with Crippen molar-refractivity contribution in [3.8, 4) is 0 Å². The second kappa shape index (κ2) is 5.30. The molecule has 0 amide bonds. The molecule has 106 valence electrons. The largest absolute Gasteiger partial charge is 0.481 e. The van der Waals surface area contributed by atoms with Crippen LogP contribution in [-0.2, 0) is 20.6 Å². The van der Waals surface area contributed by atoms with Crippen LogP contribution in [0.25, 0.3) is 0 Å². The highest BCUT2D eigenvalue weighted by Crippen LogP contribution is 2.34. The number of nitrogens with one attached hydrogen (secondary N) is 1. The molecular formula is C11H16N2O5S. The Kier molecular flexibility index (Phi) is 3.91. The lowest BCUT2D eigenvalue weighted by Crippen LogP contribution is -2.38. The molecule has 0 aliphatic heterocycles. The standard InChI is InChI=1S/C11H16N2O5S/c1-7-4-9(12-18-7)6-19(16,17)13-10(5-11(14)15)8-2-3-8/h4,8,10,13H,2-3,5-6H2,1H3,(H,14,15). The summed E-state index contributed by atoms with van der Waals surface area (Å²) in [5, 5.41) is 12.4. The summed E-state index contributed by atoms with van der Waals surface area (Å²) in [7, 11) is -3.61. The van der Waals surface area contributed by atoms with E-state index in [0.29, 0.717) is 11.5 Å². The van der Waals surface area contributed by atoms with E-state index in [1.807, 2.05) is 0 Å². The molecule has 1 saturated carbocycles. The Morgan fingerprint density at radius 3 is 2.79 bits per heavy atom. The summed E-state index contributed by atoms with van der Waals surface area (Å²) in [4.78, 5) is 10.7. The molecule has 1 fully saturated rings. The van der Waals surface area contributed by atoms with Gasteiger partial charge in [-0.2, -0.15) is 0 Å². The van der Waals surface area contributed by atoms with Gasteiger partial charge >= 0.3 is 5.97 Å². The lowest BCUT2D eigenvalue weighted by Gasteiger charge is -2.15. The maximum atomic E-state index is 11.9. The van der Waals surface area contributed by atoms with Gasteiger partial charge in [-0.25, -0.2) is 13.1 Å². The van der Waals surface area contributed by atoms with Gasteiger partial charge in [0.05, 0.1) is 6.42 Å². The van der Waals surface area contributed by atoms with E-state index in [0.717, 1.165) is 12.8 Å². The van der Waals surface area contributed by atoms with E-state index < -0.39 is 22.0 Å². The molecule has 2 rings (SSSR count). The Bertz CT molecular complexity index is 561. The summed E-state index contributed by atoms with van der Waals surface area (Å²) in [5.41, 5.74) is 0.315. The smallest absolute Gasteiger partial charge is 0.304 e. The van der Waals surface area contributed by atoms with Crippen LogP contribution in [0.2, 0.25) is 0 Å². The number of carboxylic acid groups (broad SMARTS) is 1. The molecule has 0 spiro atoms. The quantitative estimate of drug-likeness (QED) is 0.762. The van der Waals surface area contributed by atoms with E-state index in [9.17, 15) is 13.2 Å². The van der Waals surface area contributed by atoms with Crippen molar-refractivity contribution in [1.29, 1.82) is 0 Å². The molecule has 7 nitrogen and oxygen atoms in total. The van der Waals surface area contributed by atoms with Crippen molar-refractivity contribution >= 4 is 16.0 Å². The van der Waals surface area contributed by atoms with Crippen LogP contribution >= 0.6 is 0 Å². The molecule has 0 bridgehead atoms. The summed E-state index contributed by atoms with van der Waals surface area (Å²) in [6, 6.07) is 1.01. The van der Waals surface area contributed by atoms with Crippen LogP contribution in [0.3, 0.4) is 0 Å². The fraction of sp³-hybridized carbons (Fsp3) is 0.636. The van der Waals surface area contributed by atoms with Crippen LogP contribution in [0.5, 0.6) is 0 Å². The molecule has 1 aromatic rings. The zero-order chi connectivity index (χ0) is 14.0. The van der Waals surface area contributed by atoms with Gasteiger partial charge in [0.25, 0.3) is 0 Å². The SMILES string of the molecule is Cc1cc(CS(=O)(=O)NC(CC(=O)O)C2CC2)no1. The minimum atomic E-state index is -3.61. The molecule has 0 aromatic carbocycles. The van der Waals surface area contributed by atoms with E-state index in [1.165, 1.54) is 0 Å². The molecule has 1 atom stereocenters. The normalized spacial score (nSPS) is 17.3. The number of aryl methyl sites for hydroxylation is 1. The van der Waals surface area contributed by atoms with Crippen LogP contribution in [0.15, 0.2) is 10.6 Å². The molecule has 2 N–H and O–H groups in total. The number of aliphatic carboxylic acids is 1. The summed E-state index contributed by atoms with van der Waals surface area (Å²) in [5.74, 6) is -0.635. The van der Waals surface area contributed by atoms with Crippen molar-refractivity contribution in [2.75, 3.05) is 0 Å². The van der Waals surface area contributed by atoms with Crippen molar-refractivity contribution in [2.45, 2.75) is 38.0 Å². The van der Waals surface area contributed by atoms with Crippen molar-refractivity contribution in [3.63, 3.8) is 0 Å². The Hall–Kier alpha value is -1.41. The van der Waals surface area contributed by atoms with Crippen LogP contribution in [0.4, 0.5) is 0 Å². The molecule has 8 heteroatoms. The van der Waals surface area contributed by atoms with Crippen LogP contribution < -0.4 is 4.72 Å². The van der Waals surface area contributed by atoms with E-state index in [1.54, 1.807) is 13.0 Å². The van der Waals surface area contributed by atoms with Gasteiger partial charge < -0.3 is 9.63 Å². The minimum Gasteiger partial charge on any atom is -0.481 e. The Morgan fingerprint density at radius 1 is 1.63 bits per heavy atom. The maximum absolute atomic E-state index is 11.9. The predicted molar refractivity (Wildman–Crippen MR) is 65.8 cm³/mol. The van der Waals surface area contributed by atoms with Gasteiger partial charge in [0.1, 0.15) is 17.2 Å². The Labute approximate surface area is 111 Å². The minimum absolute atomic E-state index is 0.130. The van der Waals surface area contributed by atoms with E-state index in [2.05, 4.69) is 9.88 Å². The molecule has 1 aliphatic rings. The molecule has 1 aromatic heterocycles. The highest BCUT2D eigenvalue weighted by molar-refractivity contribution is 7.88. The fourth-order valence-electron chi connectivity index (χ4n) is 1.94. The third-order valence-corrected chi connectivity index (χ3v) is 4.27. The van der Waals surface area contributed by atoms with Crippen molar-refractivity contribution in [2.24, 2.45) is 5.92 Å². The number of carboxylic acids is 1. The van der Waals surface area contributed by atoms with Crippen LogP contribution in [0.1, 0.15) is 30.7 Å². The van der Waals surface area contributed by atoms with E-state index >= 15 is 0 Å². The number of hydrogen-bond acceptors (Lipinski definition) is 5. The fourth-order valence-corrected chi connectivity index (χ4v) is 3.29. The number of nitrogens with zero attached hydrogens (tertiary/aromatic N) is 1. The van der Waals surface area contributed by atoms with Crippen LogP contribution in [0, 0.1) is 12.8 Å². The maximum Gasteiger partial charge on any atom is 0.304 e. The zero-order valence-electron chi connectivity index (χ0n) is 10.5. The molecule has 1 aliphatic carbocycles. The molecule has 0 radical (unpaired) electrons. The first-order valence-corrected chi connectivity index (χ1v) is 7.65. The first kappa shape index (κ1) is 14.0. The summed E-state index contributed by atoms with van der Waals surface area (Å²) in [6.07, 6.45) is 1.54. The van der Waals surface area contributed by atoms with Gasteiger partial charge in [0.15, 0.2) is 0 Å². The van der Waals surface area contributed by atoms with Gasteiger partial charge in [-0.3, -0.25) is 4.79 Å². The van der Waals surface area contributed by atoms with Crippen LogP contribution in [-0.4, -0.2) is 30.7 Å². The van der Waals surface area contributed by atoms with Gasteiger partial charge in [-0.1, -0.05) is 5.16 Å². The number of hydrogen-bond donors (Lipinski definition) is 2. The van der Waals surface area contributed by atoms with Crippen molar-refractivity contribution < 1.29 is 22.8 Å². The number of aromatic nitrogens is 1. The molecule has 19 heavy (non-hydrogen) atoms. The van der Waals surface area contributed by atoms with Gasteiger partial charge in [-0.15, -0.1) is 0 Å². The van der Waals surface area contributed by atoms with Gasteiger partial charge in [0, 0.05) is 12.1 Å². The van der Waals surface area contributed by atoms with Crippen molar-refractivity contribution in [3.05, 3.63) is 17.5 Å². The van der Waals surface area contributed by atoms with Crippen molar-refractivity contribution in [1.82, 2.24) is 9.88 Å². The first-order valence-electron chi connectivity index (χ1n) is 6.00. The Morgan fingerprint density at radius 2 is 2.32 bits per heavy atom. The van der Waals surface area contributed by atoms with Gasteiger partial charge in [-0.05, 0) is 25.7 Å². The second-order valence-corrected chi connectivity index (χ2v) is 6.60. The monoisotopic (exact) mass is 288 g/mol. The first-order chi connectivity index (χ1) is 8.85. The summed E-state index contributed by atoms with van der Waals surface area (Å²) in [6.45, 7) is 1.67. The number of sulfonamides is 1. The lowest BCUT2D eigenvalue weighted by atomic mass is 10.1. The van der Waals surface area contributed by atoms with E-state index in [-0.39, 0.29) is 18.1 Å². The zero-order valence-corrected chi connectivity index (χ0v) is 11.3. The molecule has 1 unspecified atom stereocenters. The second-order valence-electron chi connectivity index (χ2n) is 4.85. The molecule has 1 heterocycles. The number of rotatable bonds is 7. The third kappa shape index (κ3) is 4.32. The summed E-state index contributed by atoms with van der Waals surface area (Å²) >= 11 is 0.